The molecule has 7 heteroatoms. The topological polar surface area (TPSA) is 74.2 Å². The van der Waals surface area contributed by atoms with E-state index in [1.165, 1.54) is 44.5 Å². The molecule has 278 valence electrons. The number of benzene rings is 4. The highest BCUT2D eigenvalue weighted by atomic mass is 16.5. The first-order valence-corrected chi connectivity index (χ1v) is 18.6. The van der Waals surface area contributed by atoms with E-state index in [9.17, 15) is 0 Å². The van der Waals surface area contributed by atoms with Gasteiger partial charge in [0, 0.05) is 12.0 Å². The van der Waals surface area contributed by atoms with Gasteiger partial charge in [0.05, 0.1) is 32.6 Å². The largest absolute Gasteiger partial charge is 0.497 e. The molecular weight excluding hydrogens is 659 g/mol. The van der Waals surface area contributed by atoms with E-state index >= 15 is 0 Å². The highest BCUT2D eigenvalue weighted by Gasteiger charge is 2.35. The first-order valence-electron chi connectivity index (χ1n) is 18.6. The molecule has 0 amide bonds. The molecule has 7 rings (SSSR count). The molecule has 7 nitrogen and oxygen atoms in total. The minimum Gasteiger partial charge on any atom is -0.497 e. The highest BCUT2D eigenvalue weighted by Crippen LogP contribution is 2.36. The van der Waals surface area contributed by atoms with Crippen LogP contribution in [0.4, 0.5) is 0 Å². The van der Waals surface area contributed by atoms with Crippen LogP contribution < -0.4 is 14.8 Å². The molecule has 3 heterocycles. The quantitative estimate of drug-likeness (QED) is 0.164. The van der Waals surface area contributed by atoms with Crippen molar-refractivity contribution < 1.29 is 18.9 Å². The number of aliphatic imine (C=N–C) groups is 1. The Labute approximate surface area is 316 Å². The van der Waals surface area contributed by atoms with Gasteiger partial charge in [-0.2, -0.15) is 0 Å². The van der Waals surface area contributed by atoms with Crippen LogP contribution in [0.1, 0.15) is 81.9 Å². The summed E-state index contributed by atoms with van der Waals surface area (Å²) in [5.74, 6) is 2.46. The van der Waals surface area contributed by atoms with Gasteiger partial charge in [-0.05, 0) is 99.7 Å². The van der Waals surface area contributed by atoms with Crippen molar-refractivity contribution in [2.45, 2.75) is 79.1 Å². The van der Waals surface area contributed by atoms with E-state index < -0.39 is 0 Å². The normalized spacial score (nSPS) is 18.1. The Bertz CT molecular complexity index is 1950. The summed E-state index contributed by atoms with van der Waals surface area (Å²) in [6.07, 6.45) is 0.521. The zero-order valence-electron chi connectivity index (χ0n) is 32.8. The highest BCUT2D eigenvalue weighted by molar-refractivity contribution is 5.93. The molecule has 2 aliphatic rings. The van der Waals surface area contributed by atoms with Crippen molar-refractivity contribution in [3.63, 3.8) is 0 Å². The predicted octanol–water partition coefficient (Wildman–Crippen LogP) is 9.56. The van der Waals surface area contributed by atoms with Gasteiger partial charge < -0.3 is 18.9 Å². The van der Waals surface area contributed by atoms with E-state index in [-0.39, 0.29) is 24.2 Å². The zero-order chi connectivity index (χ0) is 37.9. The third-order valence-corrected chi connectivity index (χ3v) is 9.22. The van der Waals surface area contributed by atoms with Crippen LogP contribution in [0.3, 0.4) is 0 Å². The Hall–Kier alpha value is -4.98. The third kappa shape index (κ3) is 10.6. The van der Waals surface area contributed by atoms with Crippen molar-refractivity contribution in [2.75, 3.05) is 27.4 Å². The number of nitrogens with zero attached hydrogens (tertiary/aromatic N) is 2. The summed E-state index contributed by atoms with van der Waals surface area (Å²) < 4.78 is 22.9. The number of aryl methyl sites for hydroxylation is 5. The van der Waals surface area contributed by atoms with Crippen LogP contribution >= 0.6 is 0 Å². The van der Waals surface area contributed by atoms with Gasteiger partial charge in [0.1, 0.15) is 23.8 Å². The van der Waals surface area contributed by atoms with Gasteiger partial charge >= 0.3 is 0 Å². The van der Waals surface area contributed by atoms with Gasteiger partial charge in [0.15, 0.2) is 6.23 Å². The number of aromatic nitrogens is 1. The average molecular weight is 714 g/mol. The third-order valence-electron chi connectivity index (χ3n) is 9.22. The second-order valence-corrected chi connectivity index (χ2v) is 13.7. The molecule has 4 aromatic carbocycles. The molecule has 3 unspecified atom stereocenters. The lowest BCUT2D eigenvalue weighted by Gasteiger charge is -2.25. The average Bonchev–Trinajstić information content (AvgIpc) is 3.83. The van der Waals surface area contributed by atoms with Gasteiger partial charge in [-0.1, -0.05) is 103 Å². The number of hydrogen-bond acceptors (Lipinski definition) is 7. The Morgan fingerprint density at radius 3 is 1.94 bits per heavy atom. The van der Waals surface area contributed by atoms with Gasteiger partial charge in [-0.15, -0.1) is 0 Å². The summed E-state index contributed by atoms with van der Waals surface area (Å²) in [6, 6.07) is 35.8. The standard InChI is InChI=1S/C36H39N3O3.C8H10O.C2H6/c1-22-12-23(2)15-26(14-22)18-29-20-41-35(37-29)31-10-7-11-32(38-31)36-39-33(21-42-36)34(27-8-6-9-30(19-27)40-5)28-16-24(3)13-25(4)17-28;1-7-4-3-5-8(6-7)9-2;1-2/h6-17,19,29,33-34,36,39H,18,20-21H2,1-5H3;3-6H,1-2H3;1-2H3/t29?,33?,34-,36?;;/m1../s1. The summed E-state index contributed by atoms with van der Waals surface area (Å²) in [6.45, 7) is 15.7. The van der Waals surface area contributed by atoms with Crippen LogP contribution in [-0.2, 0) is 15.9 Å². The molecule has 5 aromatic rings. The molecule has 2 aliphatic heterocycles. The molecule has 0 radical (unpaired) electrons. The van der Waals surface area contributed by atoms with Gasteiger partial charge in [0.2, 0.25) is 5.90 Å². The van der Waals surface area contributed by atoms with Crippen molar-refractivity contribution in [2.24, 2.45) is 4.99 Å². The first-order chi connectivity index (χ1) is 25.7. The molecule has 53 heavy (non-hydrogen) atoms. The van der Waals surface area contributed by atoms with Gasteiger partial charge in [-0.25, -0.2) is 9.98 Å². The first kappa shape index (κ1) is 39.2. The maximum absolute atomic E-state index is 6.35. The molecule has 0 spiro atoms. The number of nitrogens with one attached hydrogen (secondary N) is 1. The lowest BCUT2D eigenvalue weighted by Crippen LogP contribution is -2.33. The maximum atomic E-state index is 6.35. The molecule has 0 bridgehead atoms. The van der Waals surface area contributed by atoms with E-state index in [1.54, 1.807) is 14.2 Å². The summed E-state index contributed by atoms with van der Waals surface area (Å²) in [4.78, 5) is 9.83. The van der Waals surface area contributed by atoms with Crippen molar-refractivity contribution in [1.29, 1.82) is 0 Å². The second-order valence-electron chi connectivity index (χ2n) is 13.7. The number of rotatable bonds is 9. The van der Waals surface area contributed by atoms with Crippen molar-refractivity contribution in [3.8, 4) is 11.5 Å². The minimum absolute atomic E-state index is 0.0519. The maximum Gasteiger partial charge on any atom is 0.235 e. The smallest absolute Gasteiger partial charge is 0.235 e. The Balaban J connectivity index is 0.000000427. The van der Waals surface area contributed by atoms with Gasteiger partial charge in [-0.3, -0.25) is 5.32 Å². The summed E-state index contributed by atoms with van der Waals surface area (Å²) in [5.41, 5.74) is 11.6. The van der Waals surface area contributed by atoms with E-state index in [0.29, 0.717) is 19.1 Å². The van der Waals surface area contributed by atoms with Crippen LogP contribution in [-0.4, -0.2) is 50.4 Å². The Morgan fingerprint density at radius 2 is 1.30 bits per heavy atom. The molecular formula is C46H55N3O4. The fraction of sp³-hybridized carbons (Fsp3) is 0.348. The number of methoxy groups -OCH3 is 2. The molecule has 1 saturated heterocycles. The number of pyridine rings is 1. The summed E-state index contributed by atoms with van der Waals surface area (Å²) >= 11 is 0. The minimum atomic E-state index is -0.331. The van der Waals surface area contributed by atoms with Crippen LogP contribution in [0.5, 0.6) is 11.5 Å². The van der Waals surface area contributed by atoms with Crippen LogP contribution in [0.15, 0.2) is 108 Å². The monoisotopic (exact) mass is 713 g/mol. The fourth-order valence-corrected chi connectivity index (χ4v) is 7.11. The molecule has 0 saturated carbocycles. The van der Waals surface area contributed by atoms with Crippen molar-refractivity contribution >= 4 is 5.90 Å². The second kappa shape index (κ2) is 18.7. The Morgan fingerprint density at radius 1 is 0.679 bits per heavy atom. The zero-order valence-corrected chi connectivity index (χ0v) is 32.8. The van der Waals surface area contributed by atoms with Crippen molar-refractivity contribution in [1.82, 2.24) is 10.3 Å². The van der Waals surface area contributed by atoms with E-state index in [4.69, 9.17) is 28.9 Å². The molecule has 0 aliphatic carbocycles. The Kier molecular flexibility index (Phi) is 13.8. The van der Waals surface area contributed by atoms with E-state index in [0.717, 1.165) is 29.3 Å². The van der Waals surface area contributed by atoms with Gasteiger partial charge in [0.25, 0.3) is 0 Å². The fourth-order valence-electron chi connectivity index (χ4n) is 7.11. The molecule has 1 N–H and O–H groups in total. The van der Waals surface area contributed by atoms with E-state index in [1.807, 2.05) is 69.3 Å². The van der Waals surface area contributed by atoms with Crippen LogP contribution in [0.25, 0.3) is 0 Å². The molecule has 1 aromatic heterocycles. The van der Waals surface area contributed by atoms with Crippen LogP contribution in [0.2, 0.25) is 0 Å². The lowest BCUT2D eigenvalue weighted by atomic mass is 9.84. The molecule has 1 fully saturated rings. The lowest BCUT2D eigenvalue weighted by molar-refractivity contribution is 0.0970. The summed E-state index contributed by atoms with van der Waals surface area (Å²) in [5, 5.41) is 3.74. The number of hydrogen-bond donors (Lipinski definition) is 1. The van der Waals surface area contributed by atoms with E-state index in [2.05, 4.69) is 87.6 Å². The SMILES string of the molecule is CC.COc1cccc(C)c1.COc1cccc([C@H](c2cc(C)cc(C)c2)C2COC(c3cccc(C4=NC(Cc5cc(C)cc(C)c5)CO4)n3)N2)c1. The summed E-state index contributed by atoms with van der Waals surface area (Å²) in [7, 11) is 3.38. The van der Waals surface area contributed by atoms with Crippen LogP contribution in [0, 0.1) is 34.6 Å². The number of ether oxygens (including phenoxy) is 4. The molecule has 4 atom stereocenters. The predicted molar refractivity (Wildman–Crippen MR) is 216 cm³/mol. The van der Waals surface area contributed by atoms with Crippen molar-refractivity contribution in [3.05, 3.63) is 159 Å².